The summed E-state index contributed by atoms with van der Waals surface area (Å²) < 4.78 is 5.15. The van der Waals surface area contributed by atoms with Crippen molar-refractivity contribution >= 4 is 17.9 Å². The summed E-state index contributed by atoms with van der Waals surface area (Å²) in [6.45, 7) is 3.90. The highest BCUT2D eigenvalue weighted by atomic mass is 16.5. The smallest absolute Gasteiger partial charge is 0.160 e. The number of rotatable bonds is 7. The van der Waals surface area contributed by atoms with E-state index in [0.717, 1.165) is 22.4 Å². The Morgan fingerprint density at radius 2 is 1.79 bits per heavy atom. The minimum Gasteiger partial charge on any atom is -0.508 e. The summed E-state index contributed by atoms with van der Waals surface area (Å²) in [5, 5.41) is 9.24. The number of hydrogen-bond donors (Lipinski definition) is 1. The molecule has 24 heavy (non-hydrogen) atoms. The molecular formula is C21H20O3. The van der Waals surface area contributed by atoms with E-state index < -0.39 is 0 Å². The van der Waals surface area contributed by atoms with Gasteiger partial charge < -0.3 is 9.84 Å². The summed E-state index contributed by atoms with van der Waals surface area (Å²) in [6, 6.07) is 14.3. The Morgan fingerprint density at radius 1 is 1.08 bits per heavy atom. The summed E-state index contributed by atoms with van der Waals surface area (Å²) in [5.41, 5.74) is 2.57. The second-order valence-corrected chi connectivity index (χ2v) is 5.34. The average molecular weight is 320 g/mol. The van der Waals surface area contributed by atoms with Crippen molar-refractivity contribution in [2.24, 2.45) is 0 Å². The number of carbonyl (C=O) groups is 1. The van der Waals surface area contributed by atoms with Gasteiger partial charge in [0.1, 0.15) is 11.5 Å². The Bertz CT molecular complexity index is 768. The minimum atomic E-state index is -0.0156. The van der Waals surface area contributed by atoms with Crippen molar-refractivity contribution in [2.45, 2.75) is 6.42 Å². The van der Waals surface area contributed by atoms with Crippen LogP contribution in [0.2, 0.25) is 0 Å². The van der Waals surface area contributed by atoms with Crippen molar-refractivity contribution in [3.05, 3.63) is 84.0 Å². The Kier molecular flexibility index (Phi) is 6.15. The van der Waals surface area contributed by atoms with Crippen LogP contribution in [0.5, 0.6) is 11.5 Å². The summed E-state index contributed by atoms with van der Waals surface area (Å²) >= 11 is 0. The maximum Gasteiger partial charge on any atom is 0.160 e. The Balaban J connectivity index is 1.90. The molecule has 0 saturated carbocycles. The number of allylic oxidation sites excluding steroid dienone is 3. The number of ketones is 1. The van der Waals surface area contributed by atoms with Gasteiger partial charge in [-0.05, 0) is 47.0 Å². The maximum absolute atomic E-state index is 12.0. The lowest BCUT2D eigenvalue weighted by Gasteiger charge is -2.00. The minimum absolute atomic E-state index is 0.0156. The van der Waals surface area contributed by atoms with Crippen molar-refractivity contribution in [1.82, 2.24) is 0 Å². The number of phenolic OH excluding ortho intramolecular Hbond substituents is 1. The summed E-state index contributed by atoms with van der Waals surface area (Å²) in [5.74, 6) is 0.966. The molecule has 0 aliphatic heterocycles. The largest absolute Gasteiger partial charge is 0.508 e. The van der Waals surface area contributed by atoms with Crippen LogP contribution in [0.25, 0.3) is 12.2 Å². The molecule has 2 rings (SSSR count). The third-order valence-corrected chi connectivity index (χ3v) is 3.36. The quantitative estimate of drug-likeness (QED) is 0.597. The molecule has 0 aromatic heterocycles. The summed E-state index contributed by atoms with van der Waals surface area (Å²) in [7, 11) is 1.61. The van der Waals surface area contributed by atoms with Gasteiger partial charge in [-0.15, -0.1) is 0 Å². The monoisotopic (exact) mass is 320 g/mol. The summed E-state index contributed by atoms with van der Waals surface area (Å²) in [4.78, 5) is 12.0. The Morgan fingerprint density at radius 3 is 2.50 bits per heavy atom. The second kappa shape index (κ2) is 8.53. The molecule has 0 atom stereocenters. The normalized spacial score (nSPS) is 11.0. The van der Waals surface area contributed by atoms with Gasteiger partial charge >= 0.3 is 0 Å². The molecule has 3 nitrogen and oxygen atoms in total. The third kappa shape index (κ3) is 5.61. The van der Waals surface area contributed by atoms with Gasteiger partial charge in [-0.1, -0.05) is 49.1 Å². The number of ether oxygens (including phenoxy) is 1. The van der Waals surface area contributed by atoms with Crippen LogP contribution in [-0.4, -0.2) is 18.0 Å². The summed E-state index contributed by atoms with van der Waals surface area (Å²) in [6.07, 6.45) is 7.25. The number of benzene rings is 2. The highest BCUT2D eigenvalue weighted by Gasteiger charge is 1.99. The van der Waals surface area contributed by atoms with Crippen LogP contribution in [0.1, 0.15) is 17.5 Å². The van der Waals surface area contributed by atoms with Gasteiger partial charge in [0.25, 0.3) is 0 Å². The first-order valence-electron chi connectivity index (χ1n) is 7.56. The first-order chi connectivity index (χ1) is 11.6. The molecule has 0 aliphatic carbocycles. The zero-order chi connectivity index (χ0) is 17.4. The molecular weight excluding hydrogens is 300 g/mol. The molecule has 0 heterocycles. The Labute approximate surface area is 142 Å². The van der Waals surface area contributed by atoms with Crippen LogP contribution in [0, 0.1) is 0 Å². The molecule has 122 valence electrons. The molecule has 0 fully saturated rings. The van der Waals surface area contributed by atoms with Gasteiger partial charge in [0.15, 0.2) is 5.78 Å². The van der Waals surface area contributed by atoms with Crippen LogP contribution < -0.4 is 4.74 Å². The topological polar surface area (TPSA) is 46.5 Å². The van der Waals surface area contributed by atoms with Gasteiger partial charge in [0, 0.05) is 6.42 Å². The maximum atomic E-state index is 12.0. The number of carbonyl (C=O) groups excluding carboxylic acids is 1. The first kappa shape index (κ1) is 17.3. The van der Waals surface area contributed by atoms with E-state index >= 15 is 0 Å². The molecule has 0 bridgehead atoms. The molecule has 0 aliphatic rings. The number of methoxy groups -OCH3 is 1. The van der Waals surface area contributed by atoms with Crippen molar-refractivity contribution < 1.29 is 14.6 Å². The molecule has 2 aromatic carbocycles. The lowest BCUT2D eigenvalue weighted by atomic mass is 10.1. The molecule has 0 radical (unpaired) electrons. The first-order valence-corrected chi connectivity index (χ1v) is 7.56. The fourth-order valence-corrected chi connectivity index (χ4v) is 2.08. The van der Waals surface area contributed by atoms with E-state index in [1.54, 1.807) is 43.5 Å². The van der Waals surface area contributed by atoms with Gasteiger partial charge in [-0.3, -0.25) is 4.79 Å². The van der Waals surface area contributed by atoms with E-state index in [4.69, 9.17) is 4.74 Å². The number of phenols is 1. The van der Waals surface area contributed by atoms with Crippen LogP contribution >= 0.6 is 0 Å². The van der Waals surface area contributed by atoms with E-state index in [0.29, 0.717) is 0 Å². The van der Waals surface area contributed by atoms with Crippen molar-refractivity contribution in [3.63, 3.8) is 0 Å². The van der Waals surface area contributed by atoms with E-state index in [9.17, 15) is 9.90 Å². The molecule has 3 heteroatoms. The van der Waals surface area contributed by atoms with Gasteiger partial charge in [0.05, 0.1) is 7.11 Å². The van der Waals surface area contributed by atoms with Gasteiger partial charge in [-0.2, -0.15) is 0 Å². The second-order valence-electron chi connectivity index (χ2n) is 5.34. The molecule has 0 amide bonds. The van der Waals surface area contributed by atoms with E-state index in [1.807, 2.05) is 36.4 Å². The average Bonchev–Trinajstić information content (AvgIpc) is 2.59. The van der Waals surface area contributed by atoms with Crippen LogP contribution in [0.4, 0.5) is 0 Å². The predicted molar refractivity (Wildman–Crippen MR) is 97.9 cm³/mol. The lowest BCUT2D eigenvalue weighted by Crippen LogP contribution is -1.93. The van der Waals surface area contributed by atoms with E-state index in [-0.39, 0.29) is 18.0 Å². The van der Waals surface area contributed by atoms with E-state index in [2.05, 4.69) is 6.58 Å². The molecule has 0 unspecified atom stereocenters. The molecule has 2 aromatic rings. The van der Waals surface area contributed by atoms with Crippen molar-refractivity contribution in [1.29, 1.82) is 0 Å². The zero-order valence-corrected chi connectivity index (χ0v) is 13.6. The number of hydrogen-bond acceptors (Lipinski definition) is 3. The van der Waals surface area contributed by atoms with Gasteiger partial charge in [-0.25, -0.2) is 0 Å². The number of aromatic hydroxyl groups is 1. The molecule has 1 N–H and O–H groups in total. The fraction of sp³-hybridized carbons (Fsp3) is 0.0952. The predicted octanol–water partition coefficient (Wildman–Crippen LogP) is 4.64. The molecule has 0 saturated heterocycles. The lowest BCUT2D eigenvalue weighted by molar-refractivity contribution is -0.113. The standard InChI is InChI=1S/C21H20O3/c1-16(6-7-17-8-11-19(22)12-9-17)14-20(23)13-10-18-4-3-5-21(15-18)24-2/h3-13,15,22H,1,14H2,2H3/b7-6+,13-10+. The third-order valence-electron chi connectivity index (χ3n) is 3.36. The highest BCUT2D eigenvalue weighted by molar-refractivity contribution is 5.95. The SMILES string of the molecule is C=C(/C=C/c1ccc(O)cc1)CC(=O)/C=C/c1cccc(OC)c1. The van der Waals surface area contributed by atoms with Crippen LogP contribution in [0.15, 0.2) is 72.8 Å². The fourth-order valence-electron chi connectivity index (χ4n) is 2.08. The van der Waals surface area contributed by atoms with Crippen LogP contribution in [-0.2, 0) is 4.79 Å². The Hall–Kier alpha value is -3.07. The van der Waals surface area contributed by atoms with Gasteiger partial charge in [0.2, 0.25) is 0 Å². The van der Waals surface area contributed by atoms with Crippen molar-refractivity contribution in [2.75, 3.05) is 7.11 Å². The zero-order valence-electron chi connectivity index (χ0n) is 13.6. The molecule has 0 spiro atoms. The highest BCUT2D eigenvalue weighted by Crippen LogP contribution is 2.15. The van der Waals surface area contributed by atoms with Crippen LogP contribution in [0.3, 0.4) is 0 Å². The van der Waals surface area contributed by atoms with E-state index in [1.165, 1.54) is 0 Å². The van der Waals surface area contributed by atoms with Crippen molar-refractivity contribution in [3.8, 4) is 11.5 Å².